The van der Waals surface area contributed by atoms with Gasteiger partial charge in [0.05, 0.1) is 36.6 Å². The average Bonchev–Trinajstić information content (AvgIpc) is 3.90. The molecule has 0 aromatic carbocycles. The predicted octanol–water partition coefficient (Wildman–Crippen LogP) is 10.7. The van der Waals surface area contributed by atoms with E-state index in [1.165, 1.54) is 69.8 Å². The molecule has 7 rings (SSSR count). The fourth-order valence-electron chi connectivity index (χ4n) is 13.3. The molecule has 0 unspecified atom stereocenters. The predicted molar refractivity (Wildman–Crippen MR) is 246 cm³/mol. The van der Waals surface area contributed by atoms with Gasteiger partial charge in [-0.15, -0.1) is 0 Å². The Kier molecular flexibility index (Phi) is 16.0. The maximum absolute atomic E-state index is 10.3. The van der Waals surface area contributed by atoms with Crippen molar-refractivity contribution < 1.29 is 30.6 Å². The van der Waals surface area contributed by atoms with Crippen molar-refractivity contribution in [2.45, 2.75) is 194 Å². The van der Waals surface area contributed by atoms with Crippen molar-refractivity contribution in [1.29, 1.82) is 0 Å². The summed E-state index contributed by atoms with van der Waals surface area (Å²) >= 11 is 0. The van der Waals surface area contributed by atoms with Crippen LogP contribution in [0, 0.1) is 58.2 Å². The van der Waals surface area contributed by atoms with Crippen LogP contribution in [-0.4, -0.2) is 67.3 Å². The summed E-state index contributed by atoms with van der Waals surface area (Å²) in [5.74, 6) is 4.63. The van der Waals surface area contributed by atoms with Gasteiger partial charge in [-0.25, -0.2) is 0 Å². The molecular weight excluding hydrogens is 745 g/mol. The molecule has 7 aliphatic carbocycles. The van der Waals surface area contributed by atoms with Crippen LogP contribution in [0.4, 0.5) is 0 Å². The molecule has 0 aromatic rings. The first kappa shape index (κ1) is 47.4. The maximum Gasteiger partial charge on any atom is 0.0811 e. The van der Waals surface area contributed by atoms with E-state index in [4.69, 9.17) is 0 Å². The molecule has 0 bridgehead atoms. The topological polar surface area (TPSA) is 121 Å². The summed E-state index contributed by atoms with van der Waals surface area (Å²) in [6, 6.07) is 0. The number of hydrogen-bond donors (Lipinski definition) is 6. The summed E-state index contributed by atoms with van der Waals surface area (Å²) in [6.45, 7) is 22.1. The van der Waals surface area contributed by atoms with E-state index in [0.29, 0.717) is 77.9 Å². The van der Waals surface area contributed by atoms with Crippen molar-refractivity contribution in [3.8, 4) is 0 Å². The summed E-state index contributed by atoms with van der Waals surface area (Å²) in [5, 5.41) is 60.8. The molecule has 0 saturated heterocycles. The van der Waals surface area contributed by atoms with Crippen molar-refractivity contribution in [3.05, 3.63) is 83.1 Å². The molecule has 0 aromatic heterocycles. The average molecular weight is 829 g/mol. The Bertz CT molecular complexity index is 1660. The van der Waals surface area contributed by atoms with Crippen molar-refractivity contribution in [2.24, 2.45) is 58.2 Å². The second kappa shape index (κ2) is 20.2. The molecule has 6 N–H and O–H groups in total. The summed E-state index contributed by atoms with van der Waals surface area (Å²) < 4.78 is 0. The van der Waals surface area contributed by atoms with Crippen LogP contribution in [0.5, 0.6) is 0 Å². The zero-order valence-corrected chi connectivity index (χ0v) is 38.4. The number of hydrogen-bond acceptors (Lipinski definition) is 6. The van der Waals surface area contributed by atoms with Gasteiger partial charge in [-0.2, -0.15) is 0 Å². The molecule has 7 fully saturated rings. The molecule has 0 radical (unpaired) electrons. The van der Waals surface area contributed by atoms with Crippen LogP contribution in [0.1, 0.15) is 157 Å². The number of fused-ring (bicyclic) bond motifs is 2. The van der Waals surface area contributed by atoms with Gasteiger partial charge in [-0.1, -0.05) is 102 Å². The number of aliphatic hydroxyl groups excluding tert-OH is 6. The Morgan fingerprint density at radius 2 is 1.12 bits per heavy atom. The second-order valence-corrected chi connectivity index (χ2v) is 21.8. The molecule has 0 spiro atoms. The van der Waals surface area contributed by atoms with Crippen LogP contribution in [0.3, 0.4) is 0 Å². The minimum atomic E-state index is -0.621. The van der Waals surface area contributed by atoms with Gasteiger partial charge in [-0.3, -0.25) is 0 Å². The summed E-state index contributed by atoms with van der Waals surface area (Å²) in [6.07, 6.45) is 29.4. The molecular formula is C54H84O6. The normalized spacial score (nSPS) is 40.8. The van der Waals surface area contributed by atoms with E-state index in [2.05, 4.69) is 91.2 Å². The molecule has 6 heteroatoms. The quantitative estimate of drug-likeness (QED) is 0.115. The van der Waals surface area contributed by atoms with E-state index in [1.807, 2.05) is 0 Å². The molecule has 6 nitrogen and oxygen atoms in total. The van der Waals surface area contributed by atoms with E-state index in [9.17, 15) is 30.6 Å². The van der Waals surface area contributed by atoms with Crippen LogP contribution in [0.2, 0.25) is 0 Å². The van der Waals surface area contributed by atoms with Crippen LogP contribution < -0.4 is 0 Å². The van der Waals surface area contributed by atoms with E-state index in [1.54, 1.807) is 5.57 Å². The van der Waals surface area contributed by atoms with Crippen molar-refractivity contribution in [3.63, 3.8) is 0 Å². The minimum Gasteiger partial charge on any atom is -0.393 e. The summed E-state index contributed by atoms with van der Waals surface area (Å²) in [4.78, 5) is 0. The number of allylic oxidation sites excluding steroid dienone is 7. The monoisotopic (exact) mass is 829 g/mol. The first-order valence-corrected chi connectivity index (χ1v) is 24.4. The lowest BCUT2D eigenvalue weighted by Gasteiger charge is -2.44. The molecule has 336 valence electrons. The van der Waals surface area contributed by atoms with E-state index >= 15 is 0 Å². The highest BCUT2D eigenvalue weighted by molar-refractivity contribution is 5.40. The van der Waals surface area contributed by atoms with E-state index in [-0.39, 0.29) is 12.2 Å². The molecule has 7 saturated carbocycles. The highest BCUT2D eigenvalue weighted by atomic mass is 16.3. The van der Waals surface area contributed by atoms with E-state index < -0.39 is 24.4 Å². The van der Waals surface area contributed by atoms with Crippen molar-refractivity contribution in [1.82, 2.24) is 0 Å². The van der Waals surface area contributed by atoms with Crippen LogP contribution in [0.15, 0.2) is 83.1 Å². The fourth-order valence-corrected chi connectivity index (χ4v) is 13.3. The minimum absolute atomic E-state index is 0.180. The largest absolute Gasteiger partial charge is 0.393 e. The van der Waals surface area contributed by atoms with Gasteiger partial charge in [0.25, 0.3) is 0 Å². The molecule has 0 aliphatic heterocycles. The summed E-state index contributed by atoms with van der Waals surface area (Å²) in [7, 11) is 0. The van der Waals surface area contributed by atoms with E-state index in [0.717, 1.165) is 53.9 Å². The summed E-state index contributed by atoms with van der Waals surface area (Å²) in [5.41, 5.74) is 7.32. The number of rotatable bonds is 11. The highest BCUT2D eigenvalue weighted by Gasteiger charge is 2.51. The van der Waals surface area contributed by atoms with Gasteiger partial charge >= 0.3 is 0 Å². The Morgan fingerprint density at radius 1 is 0.633 bits per heavy atom. The first-order chi connectivity index (χ1) is 28.4. The standard InChI is InChI=1S/C27H40O3.C27H44O3/c1-17(6-13-25(29)20-8-9-20)23-11-12-24-19(5-4-14-27(23,24)3)7-10-21-15-22(28)16-26(30)18(21)2;1-17(2)25(29)13-8-18(3)23-11-12-24-20(7-6-14-27(23,24)5)9-10-21-15-22(28)16-26(30)19(21)4/h6-7,10,13,17,20,22-26,28-30H,2,4-5,8-9,11-12,14-16H2,1,3H3;9-10,17-18,22-26,28-30H,4,6-8,11-16H2,1-3,5H3/b13-6+,19-7+,21-10-;20-9+,21-10-/t17-,22-,23-,24+,25-,26+,27-;18-,22-,23-,24+,25-,26+,27-/m11/s1. The third kappa shape index (κ3) is 10.8. The van der Waals surface area contributed by atoms with Gasteiger partial charge in [0.1, 0.15) is 0 Å². The molecule has 7 aliphatic rings. The number of aliphatic hydroxyl groups is 6. The van der Waals surface area contributed by atoms with Gasteiger partial charge in [0, 0.05) is 12.8 Å². The smallest absolute Gasteiger partial charge is 0.0811 e. The lowest BCUT2D eigenvalue weighted by molar-refractivity contribution is 0.0717. The van der Waals surface area contributed by atoms with Gasteiger partial charge in [-0.05, 0) is 183 Å². The van der Waals surface area contributed by atoms with Crippen LogP contribution >= 0.6 is 0 Å². The lowest BCUT2D eigenvalue weighted by Crippen LogP contribution is -2.36. The molecule has 14 atom stereocenters. The Labute approximate surface area is 364 Å². The highest BCUT2D eigenvalue weighted by Crippen LogP contribution is 2.61. The molecule has 0 amide bonds. The zero-order chi connectivity index (χ0) is 43.5. The Morgan fingerprint density at radius 3 is 1.60 bits per heavy atom. The van der Waals surface area contributed by atoms with Gasteiger partial charge < -0.3 is 30.6 Å². The Balaban J connectivity index is 0.000000201. The van der Waals surface area contributed by atoms with Crippen LogP contribution in [-0.2, 0) is 0 Å². The second-order valence-electron chi connectivity index (χ2n) is 21.8. The molecule has 60 heavy (non-hydrogen) atoms. The van der Waals surface area contributed by atoms with Crippen molar-refractivity contribution >= 4 is 0 Å². The Hall–Kier alpha value is -2.06. The SMILES string of the molecule is C=C1/C(=C\C=C2/CCC[C@]3(C)[C@@H]([C@H](C)/C=C/[C@@H](O)C4CC4)CC[C@@H]23)C[C@@H](O)C[C@@H]1O.C=C1/C(=C\C=C2/CCC[C@]3(C)[C@@H]([C@H](C)CC[C@@H](O)C(C)C)CC[C@@H]23)C[C@@H](O)C[C@@H]1O. The fraction of sp³-hybridized carbons (Fsp3) is 0.741. The van der Waals surface area contributed by atoms with Gasteiger partial charge in [0.2, 0.25) is 0 Å². The first-order valence-electron chi connectivity index (χ1n) is 24.4. The molecule has 0 heterocycles. The van der Waals surface area contributed by atoms with Gasteiger partial charge in [0.15, 0.2) is 0 Å². The van der Waals surface area contributed by atoms with Crippen LogP contribution in [0.25, 0.3) is 0 Å². The maximum atomic E-state index is 10.3. The third-order valence-corrected chi connectivity index (χ3v) is 17.3. The lowest BCUT2D eigenvalue weighted by atomic mass is 9.60. The zero-order valence-electron chi connectivity index (χ0n) is 38.4. The van der Waals surface area contributed by atoms with Crippen molar-refractivity contribution in [2.75, 3.05) is 0 Å². The third-order valence-electron chi connectivity index (χ3n) is 17.3.